The van der Waals surface area contributed by atoms with E-state index >= 15 is 0 Å². The average Bonchev–Trinajstić information content (AvgIpc) is 2.36. The van der Waals surface area contributed by atoms with Crippen LogP contribution in [0, 0.1) is 0 Å². The number of hydrogen-bond donors (Lipinski definition) is 1. The highest BCUT2D eigenvalue weighted by Crippen LogP contribution is 2.32. The third-order valence-corrected chi connectivity index (χ3v) is 5.28. The molecule has 0 aliphatic carbocycles. The monoisotopic (exact) mass is 357 g/mol. The number of halogens is 1. The molecule has 1 aromatic rings. The summed E-state index contributed by atoms with van der Waals surface area (Å²) < 4.78 is 1.39. The molecule has 0 aliphatic heterocycles. The molecule has 0 spiro atoms. The molecule has 0 saturated heterocycles. The summed E-state index contributed by atoms with van der Waals surface area (Å²) in [5.74, 6) is 0. The first-order chi connectivity index (χ1) is 9.31. The molecule has 2 N–H and O–H groups in total. The molecule has 0 fully saturated rings. The summed E-state index contributed by atoms with van der Waals surface area (Å²) >= 11 is 5.52. The third kappa shape index (κ3) is 7.14. The van der Waals surface area contributed by atoms with Gasteiger partial charge in [-0.3, -0.25) is 0 Å². The maximum Gasteiger partial charge on any atom is 0.0244 e. The Labute approximate surface area is 137 Å². The molecule has 1 aromatic carbocycles. The SMILES string of the molecule is CCCC[C@@H](N)[C@H](Cc1ccc(Br)cc1)SC(C)(C)C. The van der Waals surface area contributed by atoms with Gasteiger partial charge in [0.15, 0.2) is 0 Å². The van der Waals surface area contributed by atoms with Crippen molar-refractivity contribution in [2.75, 3.05) is 0 Å². The van der Waals surface area contributed by atoms with Gasteiger partial charge in [0.05, 0.1) is 0 Å². The zero-order valence-electron chi connectivity index (χ0n) is 13.2. The summed E-state index contributed by atoms with van der Waals surface area (Å²) in [5, 5.41) is 0.489. The molecule has 1 rings (SSSR count). The topological polar surface area (TPSA) is 26.0 Å². The van der Waals surface area contributed by atoms with E-state index in [4.69, 9.17) is 5.73 Å². The molecular formula is C17H28BrNS. The predicted molar refractivity (Wildman–Crippen MR) is 96.5 cm³/mol. The molecule has 0 radical (unpaired) electrons. The fraction of sp³-hybridized carbons (Fsp3) is 0.647. The fourth-order valence-corrected chi connectivity index (χ4v) is 3.97. The van der Waals surface area contributed by atoms with Crippen molar-refractivity contribution in [3.8, 4) is 0 Å². The highest BCUT2D eigenvalue weighted by atomic mass is 79.9. The van der Waals surface area contributed by atoms with E-state index in [-0.39, 0.29) is 10.8 Å². The summed E-state index contributed by atoms with van der Waals surface area (Å²) in [4.78, 5) is 0. The van der Waals surface area contributed by atoms with Crippen molar-refractivity contribution in [3.05, 3.63) is 34.3 Å². The Morgan fingerprint density at radius 2 is 1.80 bits per heavy atom. The zero-order valence-corrected chi connectivity index (χ0v) is 15.6. The lowest BCUT2D eigenvalue weighted by Gasteiger charge is -2.30. The molecule has 3 heteroatoms. The molecule has 0 aromatic heterocycles. The lowest BCUT2D eigenvalue weighted by Crippen LogP contribution is -2.36. The van der Waals surface area contributed by atoms with Gasteiger partial charge < -0.3 is 5.73 Å². The van der Waals surface area contributed by atoms with Crippen molar-refractivity contribution in [2.24, 2.45) is 5.73 Å². The predicted octanol–water partition coefficient (Wildman–Crippen LogP) is 5.41. The number of nitrogens with two attached hydrogens (primary N) is 1. The Bertz CT molecular complexity index is 383. The van der Waals surface area contributed by atoms with E-state index in [0.717, 1.165) is 17.3 Å². The fourth-order valence-electron chi connectivity index (χ4n) is 2.21. The van der Waals surface area contributed by atoms with E-state index in [1.165, 1.54) is 18.4 Å². The first-order valence-corrected chi connectivity index (χ1v) is 9.17. The molecule has 2 atom stereocenters. The highest BCUT2D eigenvalue weighted by Gasteiger charge is 2.24. The smallest absolute Gasteiger partial charge is 0.0244 e. The normalized spacial score (nSPS) is 15.1. The van der Waals surface area contributed by atoms with Gasteiger partial charge >= 0.3 is 0 Å². The zero-order chi connectivity index (χ0) is 15.2. The minimum absolute atomic E-state index is 0.254. The minimum atomic E-state index is 0.254. The van der Waals surface area contributed by atoms with Crippen molar-refractivity contribution < 1.29 is 0 Å². The van der Waals surface area contributed by atoms with Crippen LogP contribution in [-0.2, 0) is 6.42 Å². The van der Waals surface area contributed by atoms with E-state index in [1.807, 2.05) is 11.8 Å². The van der Waals surface area contributed by atoms with Crippen LogP contribution in [0.1, 0.15) is 52.5 Å². The molecule has 0 aliphatic rings. The highest BCUT2D eigenvalue weighted by molar-refractivity contribution is 9.10. The molecular weight excluding hydrogens is 330 g/mol. The molecule has 0 bridgehead atoms. The number of unbranched alkanes of at least 4 members (excludes halogenated alkanes) is 1. The van der Waals surface area contributed by atoms with Gasteiger partial charge in [0.1, 0.15) is 0 Å². The lowest BCUT2D eigenvalue weighted by atomic mass is 10.0. The largest absolute Gasteiger partial charge is 0.327 e. The van der Waals surface area contributed by atoms with Crippen LogP contribution >= 0.6 is 27.7 Å². The van der Waals surface area contributed by atoms with Gasteiger partial charge in [-0.15, -0.1) is 0 Å². The second kappa shape index (κ2) is 8.45. The Morgan fingerprint density at radius 3 is 2.30 bits per heavy atom. The van der Waals surface area contributed by atoms with Gasteiger partial charge in [-0.25, -0.2) is 0 Å². The van der Waals surface area contributed by atoms with Crippen LogP contribution in [-0.4, -0.2) is 16.0 Å². The van der Waals surface area contributed by atoms with Gasteiger partial charge in [0, 0.05) is 20.5 Å². The van der Waals surface area contributed by atoms with E-state index in [2.05, 4.69) is 67.9 Å². The Morgan fingerprint density at radius 1 is 1.20 bits per heavy atom. The van der Waals surface area contributed by atoms with Crippen LogP contribution in [0.15, 0.2) is 28.7 Å². The Balaban J connectivity index is 2.73. The van der Waals surface area contributed by atoms with Crippen LogP contribution in [0.2, 0.25) is 0 Å². The maximum absolute atomic E-state index is 6.46. The van der Waals surface area contributed by atoms with Gasteiger partial charge in [-0.1, -0.05) is 68.6 Å². The number of rotatable bonds is 7. The average molecular weight is 358 g/mol. The van der Waals surface area contributed by atoms with E-state index in [9.17, 15) is 0 Å². The van der Waals surface area contributed by atoms with Crippen LogP contribution in [0.3, 0.4) is 0 Å². The summed E-state index contributed by atoms with van der Waals surface area (Å²) in [6, 6.07) is 8.92. The third-order valence-electron chi connectivity index (χ3n) is 3.22. The van der Waals surface area contributed by atoms with Crippen LogP contribution in [0.4, 0.5) is 0 Å². The Hall–Kier alpha value is 0.01000. The van der Waals surface area contributed by atoms with Crippen LogP contribution in [0.25, 0.3) is 0 Å². The molecule has 0 amide bonds. The summed E-state index contributed by atoms with van der Waals surface area (Å²) in [6.45, 7) is 9.06. The van der Waals surface area contributed by atoms with Gasteiger partial charge in [0.2, 0.25) is 0 Å². The second-order valence-electron chi connectivity index (χ2n) is 6.41. The molecule has 20 heavy (non-hydrogen) atoms. The quantitative estimate of drug-likeness (QED) is 0.705. The van der Waals surface area contributed by atoms with Crippen LogP contribution < -0.4 is 5.73 Å². The molecule has 1 nitrogen and oxygen atoms in total. The maximum atomic E-state index is 6.46. The van der Waals surface area contributed by atoms with Crippen molar-refractivity contribution in [1.29, 1.82) is 0 Å². The molecule has 0 unspecified atom stereocenters. The molecule has 0 saturated carbocycles. The first-order valence-electron chi connectivity index (χ1n) is 7.49. The molecule has 114 valence electrons. The lowest BCUT2D eigenvalue weighted by molar-refractivity contribution is 0.548. The first kappa shape index (κ1) is 18.1. The van der Waals surface area contributed by atoms with Crippen molar-refractivity contribution >= 4 is 27.7 Å². The Kier molecular flexibility index (Phi) is 7.63. The number of hydrogen-bond acceptors (Lipinski definition) is 2. The summed E-state index contributed by atoms with van der Waals surface area (Å²) in [7, 11) is 0. The number of thioether (sulfide) groups is 1. The van der Waals surface area contributed by atoms with Crippen LogP contribution in [0.5, 0.6) is 0 Å². The van der Waals surface area contributed by atoms with Gasteiger partial charge in [-0.05, 0) is 30.5 Å². The van der Waals surface area contributed by atoms with E-state index < -0.39 is 0 Å². The van der Waals surface area contributed by atoms with Crippen molar-refractivity contribution in [1.82, 2.24) is 0 Å². The molecule has 0 heterocycles. The van der Waals surface area contributed by atoms with E-state index in [0.29, 0.717) is 5.25 Å². The second-order valence-corrected chi connectivity index (χ2v) is 9.39. The summed E-state index contributed by atoms with van der Waals surface area (Å²) in [6.07, 6.45) is 4.63. The van der Waals surface area contributed by atoms with E-state index in [1.54, 1.807) is 0 Å². The van der Waals surface area contributed by atoms with Gasteiger partial charge in [-0.2, -0.15) is 11.8 Å². The van der Waals surface area contributed by atoms with Crippen molar-refractivity contribution in [2.45, 2.75) is 69.4 Å². The standard InChI is InChI=1S/C17H28BrNS/c1-5-6-7-15(19)16(20-17(2,3)4)12-13-8-10-14(18)11-9-13/h8-11,15-16H,5-7,12,19H2,1-4H3/t15-,16+/m1/s1. The number of benzene rings is 1. The summed E-state index contributed by atoms with van der Waals surface area (Å²) in [5.41, 5.74) is 7.84. The minimum Gasteiger partial charge on any atom is -0.327 e. The van der Waals surface area contributed by atoms with Gasteiger partial charge in [0.25, 0.3) is 0 Å². The van der Waals surface area contributed by atoms with Crippen molar-refractivity contribution in [3.63, 3.8) is 0 Å².